The number of hydrogen-bond acceptors (Lipinski definition) is 1. The van der Waals surface area contributed by atoms with E-state index in [4.69, 9.17) is 0 Å². The molecule has 6 unspecified atom stereocenters. The maximum Gasteiger partial charge on any atom is 0.0433 e. The molecule has 0 amide bonds. The second-order valence-electron chi connectivity index (χ2n) is 12.1. The Hall–Kier alpha value is -0.0400. The normalized spacial score (nSPS) is 39.5. The molecule has 3 saturated carbocycles. The quantitative estimate of drug-likeness (QED) is 0.345. The van der Waals surface area contributed by atoms with Crippen LogP contribution in [0.5, 0.6) is 0 Å². The summed E-state index contributed by atoms with van der Waals surface area (Å²) in [5, 5.41) is 9.39. The molecule has 0 aromatic heterocycles. The minimum Gasteiger partial charge on any atom is -0.396 e. The van der Waals surface area contributed by atoms with Gasteiger partial charge < -0.3 is 5.11 Å². The molecule has 0 aromatic carbocycles. The summed E-state index contributed by atoms with van der Waals surface area (Å²) in [4.78, 5) is 0. The Labute approximate surface area is 195 Å². The molecule has 0 spiro atoms. The van der Waals surface area contributed by atoms with Crippen molar-refractivity contribution in [1.82, 2.24) is 0 Å². The number of hydrogen-bond donors (Lipinski definition) is 1. The highest BCUT2D eigenvalue weighted by Gasteiger charge is 2.40. The molecule has 0 aromatic rings. The zero-order valence-electron chi connectivity index (χ0n) is 21.5. The first kappa shape index (κ1) is 25.6. The van der Waals surface area contributed by atoms with Gasteiger partial charge >= 0.3 is 0 Å². The van der Waals surface area contributed by atoms with Crippen LogP contribution in [-0.4, -0.2) is 11.7 Å². The molecular formula is C30H56O. The lowest BCUT2D eigenvalue weighted by molar-refractivity contribution is 0.0351. The number of unbranched alkanes of at least 4 members (excludes halogenated alkanes) is 1. The molecule has 3 aliphatic rings. The van der Waals surface area contributed by atoms with Gasteiger partial charge in [0, 0.05) is 6.61 Å². The van der Waals surface area contributed by atoms with Crippen molar-refractivity contribution >= 4 is 0 Å². The van der Waals surface area contributed by atoms with Gasteiger partial charge in [0.25, 0.3) is 0 Å². The van der Waals surface area contributed by atoms with Crippen molar-refractivity contribution in [2.75, 3.05) is 6.61 Å². The van der Waals surface area contributed by atoms with Crippen molar-refractivity contribution in [3.8, 4) is 0 Å². The number of rotatable bonds is 11. The Morgan fingerprint density at radius 3 is 1.48 bits per heavy atom. The average molecular weight is 433 g/mol. The third-order valence-corrected chi connectivity index (χ3v) is 10.4. The van der Waals surface area contributed by atoms with E-state index in [0.29, 0.717) is 6.61 Å². The largest absolute Gasteiger partial charge is 0.396 e. The third kappa shape index (κ3) is 7.48. The minimum atomic E-state index is 0.398. The molecule has 1 heteroatoms. The Bertz CT molecular complexity index is 465. The molecule has 6 atom stereocenters. The van der Waals surface area contributed by atoms with Gasteiger partial charge in [0.15, 0.2) is 0 Å². The second kappa shape index (κ2) is 13.6. The average Bonchev–Trinajstić information content (AvgIpc) is 2.82. The minimum absolute atomic E-state index is 0.398. The van der Waals surface area contributed by atoms with Gasteiger partial charge in [-0.2, -0.15) is 0 Å². The fraction of sp³-hybridized carbons (Fsp3) is 1.00. The fourth-order valence-electron chi connectivity index (χ4n) is 8.32. The molecule has 3 aliphatic carbocycles. The van der Waals surface area contributed by atoms with Gasteiger partial charge in [0.2, 0.25) is 0 Å². The van der Waals surface area contributed by atoms with E-state index in [1.807, 2.05) is 0 Å². The zero-order valence-corrected chi connectivity index (χ0v) is 21.5. The second-order valence-corrected chi connectivity index (χ2v) is 12.1. The van der Waals surface area contributed by atoms with Gasteiger partial charge in [0.05, 0.1) is 0 Å². The molecule has 3 rings (SSSR count). The van der Waals surface area contributed by atoms with Crippen molar-refractivity contribution in [2.45, 2.75) is 136 Å². The van der Waals surface area contributed by atoms with E-state index >= 15 is 0 Å². The van der Waals surface area contributed by atoms with Crippen LogP contribution in [0.1, 0.15) is 136 Å². The molecule has 0 aliphatic heterocycles. The summed E-state index contributed by atoms with van der Waals surface area (Å²) < 4.78 is 0. The van der Waals surface area contributed by atoms with E-state index in [2.05, 4.69) is 20.8 Å². The highest BCUT2D eigenvalue weighted by Crippen LogP contribution is 2.50. The lowest BCUT2D eigenvalue weighted by atomic mass is 9.59. The predicted molar refractivity (Wildman–Crippen MR) is 135 cm³/mol. The summed E-state index contributed by atoms with van der Waals surface area (Å²) in [7, 11) is 0. The molecule has 182 valence electrons. The molecule has 1 nitrogen and oxygen atoms in total. The van der Waals surface area contributed by atoms with Gasteiger partial charge in [0.1, 0.15) is 0 Å². The Balaban J connectivity index is 1.42. The zero-order chi connectivity index (χ0) is 22.1. The molecule has 31 heavy (non-hydrogen) atoms. The van der Waals surface area contributed by atoms with E-state index in [-0.39, 0.29) is 0 Å². The standard InChI is InChI=1S/C30H56O/c1-4-7-8-23-9-11-24(12-10-23)13-14-25-15-17-29(27(5-2)21-25)30-18-16-26(19-20-31)22-28(30)6-3/h23-31H,4-22H2,1-3H3. The highest BCUT2D eigenvalue weighted by atomic mass is 16.3. The van der Waals surface area contributed by atoms with Crippen LogP contribution in [0.15, 0.2) is 0 Å². The number of aliphatic hydroxyl groups excluding tert-OH is 1. The van der Waals surface area contributed by atoms with E-state index in [0.717, 1.165) is 53.8 Å². The Kier molecular flexibility index (Phi) is 11.2. The molecule has 0 heterocycles. The van der Waals surface area contributed by atoms with Crippen LogP contribution in [-0.2, 0) is 0 Å². The summed E-state index contributed by atoms with van der Waals surface area (Å²) in [6, 6.07) is 0. The SMILES string of the molecule is CCCCC1CCC(CCC2CCC(C3CCC(CCO)CC3CC)C(CC)C2)CC1. The van der Waals surface area contributed by atoms with Gasteiger partial charge in [-0.15, -0.1) is 0 Å². The summed E-state index contributed by atoms with van der Waals surface area (Å²) in [6.45, 7) is 7.65. The molecular weight excluding hydrogens is 376 g/mol. The maximum atomic E-state index is 9.39. The Morgan fingerprint density at radius 2 is 1.00 bits per heavy atom. The predicted octanol–water partition coefficient (Wildman–Crippen LogP) is 9.03. The van der Waals surface area contributed by atoms with Crippen LogP contribution in [0.4, 0.5) is 0 Å². The summed E-state index contributed by atoms with van der Waals surface area (Å²) in [5.41, 5.74) is 0. The lowest BCUT2D eigenvalue weighted by Crippen LogP contribution is -2.37. The lowest BCUT2D eigenvalue weighted by Gasteiger charge is -2.46. The van der Waals surface area contributed by atoms with Gasteiger partial charge in [-0.1, -0.05) is 104 Å². The molecule has 0 bridgehead atoms. The van der Waals surface area contributed by atoms with E-state index in [1.54, 1.807) is 6.42 Å². The van der Waals surface area contributed by atoms with Crippen molar-refractivity contribution in [2.24, 2.45) is 47.3 Å². The first-order chi connectivity index (χ1) is 15.2. The molecule has 3 fully saturated rings. The Morgan fingerprint density at radius 1 is 0.548 bits per heavy atom. The fourth-order valence-corrected chi connectivity index (χ4v) is 8.32. The van der Waals surface area contributed by atoms with Crippen LogP contribution in [0.25, 0.3) is 0 Å². The summed E-state index contributed by atoms with van der Waals surface area (Å²) in [6.07, 6.45) is 26.2. The van der Waals surface area contributed by atoms with E-state index in [1.165, 1.54) is 103 Å². The van der Waals surface area contributed by atoms with Crippen LogP contribution in [0.3, 0.4) is 0 Å². The molecule has 1 N–H and O–H groups in total. The summed E-state index contributed by atoms with van der Waals surface area (Å²) in [5.74, 6) is 7.89. The van der Waals surface area contributed by atoms with Crippen molar-refractivity contribution in [3.05, 3.63) is 0 Å². The van der Waals surface area contributed by atoms with Crippen LogP contribution in [0.2, 0.25) is 0 Å². The monoisotopic (exact) mass is 432 g/mol. The van der Waals surface area contributed by atoms with Crippen molar-refractivity contribution < 1.29 is 5.11 Å². The third-order valence-electron chi connectivity index (χ3n) is 10.4. The van der Waals surface area contributed by atoms with Crippen molar-refractivity contribution in [3.63, 3.8) is 0 Å². The smallest absolute Gasteiger partial charge is 0.0433 e. The van der Waals surface area contributed by atoms with Crippen molar-refractivity contribution in [1.29, 1.82) is 0 Å². The first-order valence-electron chi connectivity index (χ1n) is 14.8. The van der Waals surface area contributed by atoms with Crippen LogP contribution in [0, 0.1) is 47.3 Å². The number of aliphatic hydroxyl groups is 1. The van der Waals surface area contributed by atoms with Crippen LogP contribution < -0.4 is 0 Å². The van der Waals surface area contributed by atoms with E-state index in [9.17, 15) is 5.11 Å². The van der Waals surface area contributed by atoms with E-state index < -0.39 is 0 Å². The molecule has 0 saturated heterocycles. The maximum absolute atomic E-state index is 9.39. The van der Waals surface area contributed by atoms with Gasteiger partial charge in [-0.25, -0.2) is 0 Å². The topological polar surface area (TPSA) is 20.2 Å². The molecule has 0 radical (unpaired) electrons. The van der Waals surface area contributed by atoms with Gasteiger partial charge in [-0.05, 0) is 79.4 Å². The highest BCUT2D eigenvalue weighted by molar-refractivity contribution is 4.90. The summed E-state index contributed by atoms with van der Waals surface area (Å²) >= 11 is 0. The van der Waals surface area contributed by atoms with Crippen LogP contribution >= 0.6 is 0 Å². The first-order valence-corrected chi connectivity index (χ1v) is 14.8. The van der Waals surface area contributed by atoms with Gasteiger partial charge in [-0.3, -0.25) is 0 Å².